The van der Waals surface area contributed by atoms with Crippen molar-refractivity contribution in [3.63, 3.8) is 0 Å². The molecule has 0 fully saturated rings. The second-order valence-corrected chi connectivity index (χ2v) is 4.50. The number of aromatic nitrogens is 2. The lowest BCUT2D eigenvalue weighted by atomic mass is 10.2. The van der Waals surface area contributed by atoms with E-state index in [1.807, 2.05) is 11.8 Å². The van der Waals surface area contributed by atoms with E-state index in [1.54, 1.807) is 12.1 Å². The Bertz CT molecular complexity index is 392. The fourth-order valence-electron chi connectivity index (χ4n) is 1.73. The maximum atomic E-state index is 11.6. The first-order chi connectivity index (χ1) is 9.10. The van der Waals surface area contributed by atoms with Crippen LogP contribution >= 0.6 is 0 Å². The number of nitrogens with one attached hydrogen (secondary N) is 1. The molecule has 0 saturated heterocycles. The maximum absolute atomic E-state index is 11.6. The van der Waals surface area contributed by atoms with Crippen molar-refractivity contribution < 1.29 is 9.90 Å². The Hall–Kier alpha value is -1.69. The van der Waals surface area contributed by atoms with Crippen LogP contribution in [0.25, 0.3) is 0 Å². The van der Waals surface area contributed by atoms with Crippen LogP contribution < -0.4 is 10.2 Å². The number of hydrogen-bond donors (Lipinski definition) is 2. The first-order valence-electron chi connectivity index (χ1n) is 6.59. The number of nitrogens with zero attached hydrogens (tertiary/aromatic N) is 3. The van der Waals surface area contributed by atoms with Crippen LogP contribution in [-0.2, 0) is 0 Å². The Morgan fingerprint density at radius 3 is 2.63 bits per heavy atom. The molecule has 0 atom stereocenters. The molecule has 0 radical (unpaired) electrons. The zero-order valence-electron chi connectivity index (χ0n) is 11.8. The van der Waals surface area contributed by atoms with E-state index in [0.29, 0.717) is 25.2 Å². The highest BCUT2D eigenvalue weighted by molar-refractivity contribution is 5.92. The van der Waals surface area contributed by atoms with Gasteiger partial charge in [0, 0.05) is 25.7 Å². The third kappa shape index (κ3) is 4.48. The molecule has 6 heteroatoms. The second-order valence-electron chi connectivity index (χ2n) is 4.50. The number of carbonyl (C=O) groups is 1. The summed E-state index contributed by atoms with van der Waals surface area (Å²) in [4.78, 5) is 13.6. The van der Waals surface area contributed by atoms with Crippen LogP contribution in [0.4, 0.5) is 5.82 Å². The molecule has 0 aliphatic carbocycles. The molecule has 2 N–H and O–H groups in total. The SMILES string of the molecule is CCNC(=O)c1ccc(N(CCCO)C(C)C)nn1. The van der Waals surface area contributed by atoms with Crippen molar-refractivity contribution >= 4 is 11.7 Å². The lowest BCUT2D eigenvalue weighted by Gasteiger charge is -2.27. The van der Waals surface area contributed by atoms with E-state index in [4.69, 9.17) is 5.11 Å². The molecule has 19 heavy (non-hydrogen) atoms. The van der Waals surface area contributed by atoms with Gasteiger partial charge in [-0.3, -0.25) is 4.79 Å². The molecule has 6 nitrogen and oxygen atoms in total. The summed E-state index contributed by atoms with van der Waals surface area (Å²) in [5.41, 5.74) is 0.316. The minimum absolute atomic E-state index is 0.146. The van der Waals surface area contributed by atoms with Crippen LogP contribution in [0, 0.1) is 0 Å². The van der Waals surface area contributed by atoms with Gasteiger partial charge in [0.2, 0.25) is 0 Å². The normalized spacial score (nSPS) is 10.6. The lowest BCUT2D eigenvalue weighted by molar-refractivity contribution is 0.0950. The molecule has 0 unspecified atom stereocenters. The Kier molecular flexibility index (Phi) is 6.21. The molecule has 0 aliphatic heterocycles. The molecule has 1 rings (SSSR count). The van der Waals surface area contributed by atoms with Crippen molar-refractivity contribution in [1.82, 2.24) is 15.5 Å². The molecule has 1 aromatic rings. The maximum Gasteiger partial charge on any atom is 0.271 e. The lowest BCUT2D eigenvalue weighted by Crippen LogP contribution is -2.33. The molecular weight excluding hydrogens is 244 g/mol. The van der Waals surface area contributed by atoms with Gasteiger partial charge in [-0.15, -0.1) is 10.2 Å². The molecule has 0 saturated carbocycles. The predicted molar refractivity (Wildman–Crippen MR) is 74.2 cm³/mol. The third-order valence-electron chi connectivity index (χ3n) is 2.70. The third-order valence-corrected chi connectivity index (χ3v) is 2.70. The Morgan fingerprint density at radius 2 is 2.16 bits per heavy atom. The summed E-state index contributed by atoms with van der Waals surface area (Å²) >= 11 is 0. The van der Waals surface area contributed by atoms with Crippen LogP contribution in [0.2, 0.25) is 0 Å². The number of anilines is 1. The van der Waals surface area contributed by atoms with Gasteiger partial charge in [0.1, 0.15) is 0 Å². The van der Waals surface area contributed by atoms with Gasteiger partial charge in [-0.25, -0.2) is 0 Å². The van der Waals surface area contributed by atoms with E-state index >= 15 is 0 Å². The van der Waals surface area contributed by atoms with E-state index in [9.17, 15) is 4.79 Å². The van der Waals surface area contributed by atoms with Crippen molar-refractivity contribution in [2.75, 3.05) is 24.6 Å². The van der Waals surface area contributed by atoms with Gasteiger partial charge in [0.15, 0.2) is 11.5 Å². The molecule has 0 aliphatic rings. The molecule has 106 valence electrons. The first-order valence-corrected chi connectivity index (χ1v) is 6.59. The van der Waals surface area contributed by atoms with Crippen molar-refractivity contribution in [1.29, 1.82) is 0 Å². The standard InChI is InChI=1S/C13H22N4O2/c1-4-14-13(19)11-6-7-12(16-15-11)17(10(2)3)8-5-9-18/h6-7,10,18H,4-5,8-9H2,1-3H3,(H,14,19). The summed E-state index contributed by atoms with van der Waals surface area (Å²) in [5.74, 6) is 0.504. The number of aliphatic hydroxyl groups excluding tert-OH is 1. The van der Waals surface area contributed by atoms with E-state index in [-0.39, 0.29) is 18.6 Å². The minimum Gasteiger partial charge on any atom is -0.396 e. The van der Waals surface area contributed by atoms with Crippen LogP contribution in [0.1, 0.15) is 37.7 Å². The van der Waals surface area contributed by atoms with Crippen LogP contribution in [0.15, 0.2) is 12.1 Å². The summed E-state index contributed by atoms with van der Waals surface area (Å²) in [6, 6.07) is 3.72. The van der Waals surface area contributed by atoms with Gasteiger partial charge >= 0.3 is 0 Å². The average Bonchev–Trinajstić information content (AvgIpc) is 2.40. The number of amides is 1. The number of carbonyl (C=O) groups excluding carboxylic acids is 1. The fourth-order valence-corrected chi connectivity index (χ4v) is 1.73. The summed E-state index contributed by atoms with van der Waals surface area (Å²) < 4.78 is 0. The van der Waals surface area contributed by atoms with Gasteiger partial charge in [-0.05, 0) is 39.3 Å². The van der Waals surface area contributed by atoms with E-state index < -0.39 is 0 Å². The Balaban J connectivity index is 2.80. The zero-order chi connectivity index (χ0) is 14.3. The van der Waals surface area contributed by atoms with Crippen molar-refractivity contribution in [2.24, 2.45) is 0 Å². The van der Waals surface area contributed by atoms with E-state index in [0.717, 1.165) is 5.82 Å². The van der Waals surface area contributed by atoms with Gasteiger partial charge in [0.25, 0.3) is 5.91 Å². The predicted octanol–water partition coefficient (Wildman–Crippen LogP) is 0.823. The van der Waals surface area contributed by atoms with Crippen molar-refractivity contribution in [3.05, 3.63) is 17.8 Å². The summed E-state index contributed by atoms with van der Waals surface area (Å²) in [6.45, 7) is 7.39. The molecule has 0 spiro atoms. The van der Waals surface area contributed by atoms with Gasteiger partial charge in [0.05, 0.1) is 0 Å². The van der Waals surface area contributed by atoms with E-state index in [2.05, 4.69) is 29.4 Å². The van der Waals surface area contributed by atoms with E-state index in [1.165, 1.54) is 0 Å². The second kappa shape index (κ2) is 7.68. The van der Waals surface area contributed by atoms with Crippen molar-refractivity contribution in [3.8, 4) is 0 Å². The topological polar surface area (TPSA) is 78.4 Å². The number of rotatable bonds is 7. The molecule has 1 heterocycles. The highest BCUT2D eigenvalue weighted by Crippen LogP contribution is 2.13. The smallest absolute Gasteiger partial charge is 0.271 e. The number of hydrogen-bond acceptors (Lipinski definition) is 5. The van der Waals surface area contributed by atoms with Gasteiger partial charge < -0.3 is 15.3 Å². The first kappa shape index (κ1) is 15.4. The monoisotopic (exact) mass is 266 g/mol. The summed E-state index contributed by atoms with van der Waals surface area (Å²) in [6.07, 6.45) is 0.679. The minimum atomic E-state index is -0.215. The summed E-state index contributed by atoms with van der Waals surface area (Å²) in [7, 11) is 0. The average molecular weight is 266 g/mol. The Morgan fingerprint density at radius 1 is 1.42 bits per heavy atom. The highest BCUT2D eigenvalue weighted by Gasteiger charge is 2.13. The van der Waals surface area contributed by atoms with Crippen LogP contribution in [0.3, 0.4) is 0 Å². The Labute approximate surface area is 113 Å². The molecule has 1 amide bonds. The molecule has 0 bridgehead atoms. The summed E-state index contributed by atoms with van der Waals surface area (Å²) in [5, 5.41) is 19.6. The quantitative estimate of drug-likeness (QED) is 0.764. The highest BCUT2D eigenvalue weighted by atomic mass is 16.3. The largest absolute Gasteiger partial charge is 0.396 e. The zero-order valence-corrected chi connectivity index (χ0v) is 11.8. The molecular formula is C13H22N4O2. The number of aliphatic hydroxyl groups is 1. The van der Waals surface area contributed by atoms with Gasteiger partial charge in [-0.1, -0.05) is 0 Å². The fraction of sp³-hybridized carbons (Fsp3) is 0.615. The van der Waals surface area contributed by atoms with Crippen LogP contribution in [-0.4, -0.2) is 46.9 Å². The van der Waals surface area contributed by atoms with Gasteiger partial charge in [-0.2, -0.15) is 0 Å². The molecule has 0 aromatic carbocycles. The molecule has 1 aromatic heterocycles. The van der Waals surface area contributed by atoms with Crippen LogP contribution in [0.5, 0.6) is 0 Å². The van der Waals surface area contributed by atoms with Crippen molar-refractivity contribution in [2.45, 2.75) is 33.2 Å².